The van der Waals surface area contributed by atoms with Crippen molar-refractivity contribution in [3.8, 4) is 0 Å². The average molecular weight is 282 g/mol. The van der Waals surface area contributed by atoms with Gasteiger partial charge in [-0.1, -0.05) is 35.3 Å². The molecule has 0 aliphatic carbocycles. The van der Waals surface area contributed by atoms with Crippen LogP contribution < -0.4 is 11.3 Å². The molecule has 2 rings (SSSR count). The molecule has 0 aliphatic heterocycles. The quantitative estimate of drug-likeness (QED) is 0.861. The molecule has 0 saturated carbocycles. The molecule has 0 unspecified atom stereocenters. The number of nitrogen functional groups attached to an aromatic ring is 1. The van der Waals surface area contributed by atoms with Crippen molar-refractivity contribution in [2.75, 3.05) is 5.73 Å². The smallest absolute Gasteiger partial charge is 0.291 e. The molecule has 4 nitrogen and oxygen atoms in total. The molecule has 1 heterocycles. The Morgan fingerprint density at radius 1 is 1.22 bits per heavy atom. The van der Waals surface area contributed by atoms with Crippen LogP contribution >= 0.6 is 23.2 Å². The second kappa shape index (κ2) is 5.25. The molecule has 6 heteroatoms. The standard InChI is InChI=1S/C12H9Cl2N3O/c13-10-7-16-17(12(18)11(10)14)6-5-8-1-3-9(15)4-2-8/h1-7H,15H2/b6-5+. The highest BCUT2D eigenvalue weighted by atomic mass is 35.5. The van der Waals surface area contributed by atoms with Crippen molar-refractivity contribution < 1.29 is 0 Å². The molecule has 92 valence electrons. The van der Waals surface area contributed by atoms with Gasteiger partial charge < -0.3 is 5.73 Å². The first-order valence-corrected chi connectivity index (χ1v) is 5.80. The third-order valence-corrected chi connectivity index (χ3v) is 2.99. The number of aromatic nitrogens is 2. The van der Waals surface area contributed by atoms with Gasteiger partial charge in [0.25, 0.3) is 5.56 Å². The molecule has 18 heavy (non-hydrogen) atoms. The molecule has 0 atom stereocenters. The van der Waals surface area contributed by atoms with Crippen molar-refractivity contribution in [1.29, 1.82) is 0 Å². The first-order chi connectivity index (χ1) is 8.58. The Morgan fingerprint density at radius 2 is 1.89 bits per heavy atom. The van der Waals surface area contributed by atoms with E-state index in [2.05, 4.69) is 5.10 Å². The average Bonchev–Trinajstić information content (AvgIpc) is 2.37. The monoisotopic (exact) mass is 281 g/mol. The number of hydrogen-bond acceptors (Lipinski definition) is 3. The maximum Gasteiger partial charge on any atom is 0.291 e. The van der Waals surface area contributed by atoms with Gasteiger partial charge in [-0.2, -0.15) is 5.10 Å². The van der Waals surface area contributed by atoms with Crippen LogP contribution in [0.5, 0.6) is 0 Å². The summed E-state index contributed by atoms with van der Waals surface area (Å²) < 4.78 is 1.12. The van der Waals surface area contributed by atoms with Crippen molar-refractivity contribution in [2.24, 2.45) is 0 Å². The van der Waals surface area contributed by atoms with Crippen LogP contribution in [-0.2, 0) is 0 Å². The molecule has 0 aliphatic rings. The lowest BCUT2D eigenvalue weighted by Crippen LogP contribution is -2.18. The molecule has 0 amide bonds. The number of anilines is 1. The highest BCUT2D eigenvalue weighted by Gasteiger charge is 2.04. The van der Waals surface area contributed by atoms with Crippen LogP contribution in [-0.4, -0.2) is 9.78 Å². The summed E-state index contributed by atoms with van der Waals surface area (Å²) >= 11 is 11.4. The second-order valence-electron chi connectivity index (χ2n) is 3.54. The van der Waals surface area contributed by atoms with E-state index < -0.39 is 5.56 Å². The van der Waals surface area contributed by atoms with Crippen LogP contribution in [0.2, 0.25) is 10.0 Å². The second-order valence-corrected chi connectivity index (χ2v) is 4.32. The van der Waals surface area contributed by atoms with E-state index in [4.69, 9.17) is 28.9 Å². The van der Waals surface area contributed by atoms with E-state index in [1.54, 1.807) is 18.2 Å². The molecular formula is C12H9Cl2N3O. The Kier molecular flexibility index (Phi) is 3.69. The van der Waals surface area contributed by atoms with Gasteiger partial charge in [0.2, 0.25) is 0 Å². The Morgan fingerprint density at radius 3 is 2.56 bits per heavy atom. The lowest BCUT2D eigenvalue weighted by atomic mass is 10.2. The van der Waals surface area contributed by atoms with E-state index in [0.29, 0.717) is 5.69 Å². The van der Waals surface area contributed by atoms with E-state index in [0.717, 1.165) is 10.2 Å². The van der Waals surface area contributed by atoms with Gasteiger partial charge in [0.1, 0.15) is 5.02 Å². The Bertz CT molecular complexity index is 647. The topological polar surface area (TPSA) is 60.9 Å². The van der Waals surface area contributed by atoms with Crippen molar-refractivity contribution in [1.82, 2.24) is 9.78 Å². The van der Waals surface area contributed by atoms with Gasteiger partial charge in [-0.15, -0.1) is 0 Å². The van der Waals surface area contributed by atoms with Gasteiger partial charge in [-0.25, -0.2) is 4.68 Å². The SMILES string of the molecule is Nc1ccc(/C=C/n2ncc(Cl)c(Cl)c2=O)cc1. The molecule has 2 aromatic rings. The van der Waals surface area contributed by atoms with Crippen molar-refractivity contribution >= 4 is 41.2 Å². The molecule has 1 aromatic heterocycles. The van der Waals surface area contributed by atoms with Crippen LogP contribution in [0, 0.1) is 0 Å². The minimum absolute atomic E-state index is 0.0476. The molecule has 0 radical (unpaired) electrons. The van der Waals surface area contributed by atoms with Gasteiger partial charge in [-0.3, -0.25) is 4.79 Å². The first kappa shape index (κ1) is 12.7. The molecule has 0 spiro atoms. The first-order valence-electron chi connectivity index (χ1n) is 5.04. The van der Waals surface area contributed by atoms with E-state index in [9.17, 15) is 4.79 Å². The number of benzene rings is 1. The summed E-state index contributed by atoms with van der Waals surface area (Å²) in [5.41, 5.74) is 6.68. The molecule has 1 aromatic carbocycles. The van der Waals surface area contributed by atoms with E-state index in [1.165, 1.54) is 12.4 Å². The molecule has 0 fully saturated rings. The van der Waals surface area contributed by atoms with Crippen molar-refractivity contribution in [2.45, 2.75) is 0 Å². The summed E-state index contributed by atoms with van der Waals surface area (Å²) in [5.74, 6) is 0. The van der Waals surface area contributed by atoms with Gasteiger partial charge in [-0.05, 0) is 23.8 Å². The maximum atomic E-state index is 11.7. The van der Waals surface area contributed by atoms with Crippen LogP contribution in [0.15, 0.2) is 35.3 Å². The molecular weight excluding hydrogens is 273 g/mol. The summed E-state index contributed by atoms with van der Waals surface area (Å²) in [4.78, 5) is 11.7. The fraction of sp³-hybridized carbons (Fsp3) is 0. The van der Waals surface area contributed by atoms with Crippen LogP contribution in [0.1, 0.15) is 5.56 Å². The largest absolute Gasteiger partial charge is 0.399 e. The third kappa shape index (κ3) is 2.72. The number of hydrogen-bond donors (Lipinski definition) is 1. The Labute approximate surface area is 113 Å². The maximum absolute atomic E-state index is 11.7. The van der Waals surface area contributed by atoms with E-state index >= 15 is 0 Å². The minimum Gasteiger partial charge on any atom is -0.399 e. The predicted molar refractivity (Wildman–Crippen MR) is 74.6 cm³/mol. The highest BCUT2D eigenvalue weighted by molar-refractivity contribution is 6.41. The summed E-state index contributed by atoms with van der Waals surface area (Å²) in [6.07, 6.45) is 4.55. The lowest BCUT2D eigenvalue weighted by Gasteiger charge is -1.99. The molecule has 2 N–H and O–H groups in total. The van der Waals surface area contributed by atoms with Gasteiger partial charge in [0, 0.05) is 11.9 Å². The zero-order valence-electron chi connectivity index (χ0n) is 9.18. The van der Waals surface area contributed by atoms with Crippen LogP contribution in [0.4, 0.5) is 5.69 Å². The predicted octanol–water partition coefficient (Wildman–Crippen LogP) is 2.76. The molecule has 0 bridgehead atoms. The lowest BCUT2D eigenvalue weighted by molar-refractivity contribution is 0.855. The number of nitrogens with zero attached hydrogens (tertiary/aromatic N) is 2. The van der Waals surface area contributed by atoms with Crippen molar-refractivity contribution in [3.63, 3.8) is 0 Å². The fourth-order valence-electron chi connectivity index (χ4n) is 1.29. The van der Waals surface area contributed by atoms with E-state index in [-0.39, 0.29) is 10.0 Å². The number of halogens is 2. The Balaban J connectivity index is 2.32. The zero-order chi connectivity index (χ0) is 13.1. The van der Waals surface area contributed by atoms with Gasteiger partial charge >= 0.3 is 0 Å². The Hall–Kier alpha value is -1.78. The fourth-order valence-corrected chi connectivity index (χ4v) is 1.55. The summed E-state index contributed by atoms with van der Waals surface area (Å²) in [6, 6.07) is 7.19. The number of nitrogens with two attached hydrogens (primary N) is 1. The number of rotatable bonds is 2. The molecule has 0 saturated heterocycles. The van der Waals surface area contributed by atoms with Gasteiger partial charge in [0.05, 0.1) is 11.2 Å². The summed E-state index contributed by atoms with van der Waals surface area (Å²) in [7, 11) is 0. The van der Waals surface area contributed by atoms with Crippen LogP contribution in [0.3, 0.4) is 0 Å². The highest BCUT2D eigenvalue weighted by Crippen LogP contribution is 2.14. The van der Waals surface area contributed by atoms with Gasteiger partial charge in [0.15, 0.2) is 0 Å². The van der Waals surface area contributed by atoms with Crippen LogP contribution in [0.25, 0.3) is 12.3 Å². The zero-order valence-corrected chi connectivity index (χ0v) is 10.7. The normalized spacial score (nSPS) is 11.0. The van der Waals surface area contributed by atoms with E-state index in [1.807, 2.05) is 12.1 Å². The summed E-state index contributed by atoms with van der Waals surface area (Å²) in [5, 5.41) is 3.94. The van der Waals surface area contributed by atoms with Crippen molar-refractivity contribution in [3.05, 3.63) is 56.4 Å². The third-order valence-electron chi connectivity index (χ3n) is 2.25. The summed E-state index contributed by atoms with van der Waals surface area (Å²) in [6.45, 7) is 0. The minimum atomic E-state index is -0.462.